The average Bonchev–Trinajstić information content (AvgIpc) is 2.91. The highest BCUT2D eigenvalue weighted by molar-refractivity contribution is 6.09. The summed E-state index contributed by atoms with van der Waals surface area (Å²) in [5.74, 6) is 0.781. The minimum absolute atomic E-state index is 0.268. The summed E-state index contributed by atoms with van der Waals surface area (Å²) in [6, 6.07) is 6.74. The number of amides is 4. The third-order valence-electron chi connectivity index (χ3n) is 5.08. The fraction of sp³-hybridized carbons (Fsp3) is 0.550. The number of benzene rings is 1. The molecule has 0 aromatic heterocycles. The van der Waals surface area contributed by atoms with Crippen molar-refractivity contribution in [2.75, 3.05) is 26.3 Å². The van der Waals surface area contributed by atoms with Gasteiger partial charge in [0.05, 0.1) is 13.2 Å². The Kier molecular flexibility index (Phi) is 6.38. The van der Waals surface area contributed by atoms with Crippen LogP contribution < -0.4 is 20.1 Å². The highest BCUT2D eigenvalue weighted by Crippen LogP contribution is 2.33. The van der Waals surface area contributed by atoms with Crippen LogP contribution in [0.2, 0.25) is 0 Å². The molecule has 8 heteroatoms. The number of urea groups is 1. The molecule has 1 aromatic carbocycles. The summed E-state index contributed by atoms with van der Waals surface area (Å²) < 4.78 is 10.9. The second-order valence-corrected chi connectivity index (χ2v) is 7.07. The van der Waals surface area contributed by atoms with E-state index < -0.39 is 11.6 Å². The van der Waals surface area contributed by atoms with Crippen LogP contribution in [-0.4, -0.2) is 54.6 Å². The molecule has 3 rings (SSSR count). The van der Waals surface area contributed by atoms with Crippen molar-refractivity contribution in [3.8, 4) is 11.5 Å². The predicted octanol–water partition coefficient (Wildman–Crippen LogP) is 1.83. The summed E-state index contributed by atoms with van der Waals surface area (Å²) in [5, 5.41) is 5.48. The lowest BCUT2D eigenvalue weighted by Crippen LogP contribution is -2.49. The van der Waals surface area contributed by atoms with Crippen LogP contribution in [0, 0.1) is 0 Å². The van der Waals surface area contributed by atoms with Crippen molar-refractivity contribution in [3.05, 3.63) is 24.3 Å². The quantitative estimate of drug-likeness (QED) is 0.522. The molecular weight excluding hydrogens is 362 g/mol. The molecule has 1 saturated carbocycles. The molecule has 0 atom stereocenters. The Hall–Kier alpha value is -2.77. The van der Waals surface area contributed by atoms with E-state index in [2.05, 4.69) is 10.6 Å². The van der Waals surface area contributed by atoms with Crippen LogP contribution in [0.4, 0.5) is 4.79 Å². The first-order valence-electron chi connectivity index (χ1n) is 9.80. The SMILES string of the molecule is CCOc1ccc(OCCNC(=O)CN2C(=O)NC3(CCCCC3)C2=O)cc1. The van der Waals surface area contributed by atoms with Crippen LogP contribution in [0.5, 0.6) is 11.5 Å². The number of carbonyl (C=O) groups excluding carboxylic acids is 3. The van der Waals surface area contributed by atoms with Gasteiger partial charge in [0, 0.05) is 0 Å². The van der Waals surface area contributed by atoms with Gasteiger partial charge in [-0.15, -0.1) is 0 Å². The minimum atomic E-state index is -0.799. The van der Waals surface area contributed by atoms with Crippen molar-refractivity contribution in [1.29, 1.82) is 0 Å². The van der Waals surface area contributed by atoms with Crippen molar-refractivity contribution >= 4 is 17.8 Å². The Labute approximate surface area is 164 Å². The Morgan fingerprint density at radius 3 is 2.39 bits per heavy atom. The standard InChI is InChI=1S/C20H27N3O5/c1-2-27-15-6-8-16(9-7-15)28-13-12-21-17(24)14-23-18(25)20(22-19(23)26)10-4-3-5-11-20/h6-9H,2-5,10-14H2,1H3,(H,21,24)(H,22,26). The summed E-state index contributed by atoms with van der Waals surface area (Å²) in [4.78, 5) is 38.0. The molecule has 28 heavy (non-hydrogen) atoms. The van der Waals surface area contributed by atoms with Gasteiger partial charge in [-0.05, 0) is 44.0 Å². The van der Waals surface area contributed by atoms with Gasteiger partial charge >= 0.3 is 6.03 Å². The molecular formula is C20H27N3O5. The van der Waals surface area contributed by atoms with Gasteiger partial charge in [0.1, 0.15) is 30.2 Å². The lowest BCUT2D eigenvalue weighted by Gasteiger charge is -2.30. The number of carbonyl (C=O) groups is 3. The van der Waals surface area contributed by atoms with E-state index in [9.17, 15) is 14.4 Å². The largest absolute Gasteiger partial charge is 0.494 e. The number of hydrogen-bond acceptors (Lipinski definition) is 5. The summed E-state index contributed by atoms with van der Waals surface area (Å²) >= 11 is 0. The zero-order chi connectivity index (χ0) is 20.0. The van der Waals surface area contributed by atoms with Crippen LogP contribution in [0.1, 0.15) is 39.0 Å². The first kappa shape index (κ1) is 20.0. The molecule has 2 N–H and O–H groups in total. The number of hydrogen-bond donors (Lipinski definition) is 2. The smallest absolute Gasteiger partial charge is 0.325 e. The molecule has 2 fully saturated rings. The molecule has 1 heterocycles. The number of ether oxygens (including phenoxy) is 2. The van der Waals surface area contributed by atoms with E-state index in [1.54, 1.807) is 12.1 Å². The molecule has 2 aliphatic rings. The minimum Gasteiger partial charge on any atom is -0.494 e. The topological polar surface area (TPSA) is 97.0 Å². The van der Waals surface area contributed by atoms with E-state index in [0.717, 1.165) is 29.9 Å². The van der Waals surface area contributed by atoms with Gasteiger partial charge in [-0.3, -0.25) is 14.5 Å². The van der Waals surface area contributed by atoms with E-state index in [-0.39, 0.29) is 31.5 Å². The summed E-state index contributed by atoms with van der Waals surface area (Å²) in [7, 11) is 0. The van der Waals surface area contributed by atoms with Crippen LogP contribution in [0.15, 0.2) is 24.3 Å². The monoisotopic (exact) mass is 389 g/mol. The Balaban J connectivity index is 1.40. The van der Waals surface area contributed by atoms with Crippen molar-refractivity contribution in [2.24, 2.45) is 0 Å². The third kappa shape index (κ3) is 4.55. The van der Waals surface area contributed by atoms with Crippen LogP contribution in [-0.2, 0) is 9.59 Å². The molecule has 0 bridgehead atoms. The van der Waals surface area contributed by atoms with E-state index in [4.69, 9.17) is 9.47 Å². The van der Waals surface area contributed by atoms with Gasteiger partial charge < -0.3 is 20.1 Å². The van der Waals surface area contributed by atoms with E-state index >= 15 is 0 Å². The highest BCUT2D eigenvalue weighted by Gasteiger charge is 2.51. The maximum Gasteiger partial charge on any atom is 0.325 e. The normalized spacial score (nSPS) is 18.1. The lowest BCUT2D eigenvalue weighted by molar-refractivity contribution is -0.135. The molecule has 4 amide bonds. The number of nitrogens with one attached hydrogen (secondary N) is 2. The van der Waals surface area contributed by atoms with Gasteiger partial charge in [0.15, 0.2) is 0 Å². The zero-order valence-corrected chi connectivity index (χ0v) is 16.2. The highest BCUT2D eigenvalue weighted by atomic mass is 16.5. The molecule has 152 valence electrons. The van der Waals surface area contributed by atoms with Gasteiger partial charge in [-0.1, -0.05) is 19.3 Å². The maximum absolute atomic E-state index is 12.6. The van der Waals surface area contributed by atoms with Crippen molar-refractivity contribution in [1.82, 2.24) is 15.5 Å². The molecule has 1 aliphatic heterocycles. The summed E-state index contributed by atoms with van der Waals surface area (Å²) in [6.07, 6.45) is 4.18. The van der Waals surface area contributed by atoms with Crippen LogP contribution in [0.3, 0.4) is 0 Å². The Bertz CT molecular complexity index is 713. The predicted molar refractivity (Wildman–Crippen MR) is 102 cm³/mol. The third-order valence-corrected chi connectivity index (χ3v) is 5.08. The second kappa shape index (κ2) is 8.95. The van der Waals surface area contributed by atoms with Gasteiger partial charge in [0.25, 0.3) is 5.91 Å². The van der Waals surface area contributed by atoms with Crippen LogP contribution in [0.25, 0.3) is 0 Å². The summed E-state index contributed by atoms with van der Waals surface area (Å²) in [6.45, 7) is 2.81. The van der Waals surface area contributed by atoms with E-state index in [1.807, 2.05) is 19.1 Å². The first-order valence-corrected chi connectivity index (χ1v) is 9.80. The van der Waals surface area contributed by atoms with Crippen molar-refractivity contribution < 1.29 is 23.9 Å². The Morgan fingerprint density at radius 1 is 1.11 bits per heavy atom. The fourth-order valence-corrected chi connectivity index (χ4v) is 3.67. The molecule has 0 radical (unpaired) electrons. The second-order valence-electron chi connectivity index (χ2n) is 7.07. The molecule has 0 unspecified atom stereocenters. The average molecular weight is 389 g/mol. The van der Waals surface area contributed by atoms with Crippen LogP contribution >= 0.6 is 0 Å². The molecule has 1 aromatic rings. The molecule has 1 spiro atoms. The van der Waals surface area contributed by atoms with Crippen molar-refractivity contribution in [2.45, 2.75) is 44.6 Å². The van der Waals surface area contributed by atoms with Gasteiger partial charge in [-0.2, -0.15) is 0 Å². The number of rotatable bonds is 8. The zero-order valence-electron chi connectivity index (χ0n) is 16.2. The summed E-state index contributed by atoms with van der Waals surface area (Å²) in [5.41, 5.74) is -0.799. The molecule has 1 aliphatic carbocycles. The van der Waals surface area contributed by atoms with E-state index in [0.29, 0.717) is 25.2 Å². The number of nitrogens with zero attached hydrogens (tertiary/aromatic N) is 1. The van der Waals surface area contributed by atoms with E-state index in [1.165, 1.54) is 0 Å². The van der Waals surface area contributed by atoms with Crippen molar-refractivity contribution in [3.63, 3.8) is 0 Å². The van der Waals surface area contributed by atoms with Gasteiger partial charge in [0.2, 0.25) is 5.91 Å². The maximum atomic E-state index is 12.6. The lowest BCUT2D eigenvalue weighted by atomic mass is 9.82. The first-order chi connectivity index (χ1) is 13.5. The van der Waals surface area contributed by atoms with Gasteiger partial charge in [-0.25, -0.2) is 4.79 Å². The molecule has 8 nitrogen and oxygen atoms in total. The fourth-order valence-electron chi connectivity index (χ4n) is 3.67. The Morgan fingerprint density at radius 2 is 1.75 bits per heavy atom. The number of imide groups is 1. The molecule has 1 saturated heterocycles.